The average molecular weight is 362 g/mol. The molecule has 2 N–H and O–H groups in total. The van der Waals surface area contributed by atoms with Gasteiger partial charge in [0.05, 0.1) is 6.07 Å². The maximum absolute atomic E-state index is 11.2. The number of rotatable bonds is 3. The molecule has 0 amide bonds. The lowest BCUT2D eigenvalue weighted by Crippen LogP contribution is -2.21. The second kappa shape index (κ2) is 6.43. The molecule has 1 heterocycles. The van der Waals surface area contributed by atoms with Gasteiger partial charge in [0.2, 0.25) is 5.36 Å². The zero-order valence-corrected chi connectivity index (χ0v) is 15.2. The third kappa shape index (κ3) is 3.01. The molecule has 2 aliphatic rings. The molecule has 2 aromatic rings. The van der Waals surface area contributed by atoms with Gasteiger partial charge in [-0.05, 0) is 41.6 Å². The Bertz CT molecular complexity index is 1230. The van der Waals surface area contributed by atoms with Crippen LogP contribution in [-0.4, -0.2) is 30.3 Å². The van der Waals surface area contributed by atoms with E-state index in [9.17, 15) is 15.0 Å². The first-order chi connectivity index (χ1) is 12.9. The van der Waals surface area contributed by atoms with Crippen molar-refractivity contribution in [1.82, 2.24) is 4.58 Å². The molecule has 27 heavy (non-hydrogen) atoms. The van der Waals surface area contributed by atoms with Crippen molar-refractivity contribution in [2.75, 3.05) is 14.1 Å². The van der Waals surface area contributed by atoms with Crippen molar-refractivity contribution in [2.24, 2.45) is 0 Å². The largest absolute Gasteiger partial charge is 0.508 e. The minimum atomic E-state index is -0.826. The SMILES string of the molecule is C[N+](C)=c1ccc2c(CCC(=O)O)c3ccc4cc(O)ccc4c3oc-2c1. The van der Waals surface area contributed by atoms with Crippen LogP contribution in [0, 0.1) is 0 Å². The van der Waals surface area contributed by atoms with E-state index in [1.165, 1.54) is 0 Å². The minimum absolute atomic E-state index is 0.0528. The second-order valence-electron chi connectivity index (χ2n) is 6.90. The van der Waals surface area contributed by atoms with Crippen LogP contribution in [0.15, 0.2) is 52.9 Å². The number of aryl methyl sites for hydroxylation is 1. The van der Waals surface area contributed by atoms with E-state index in [1.807, 2.05) is 55.1 Å². The van der Waals surface area contributed by atoms with E-state index >= 15 is 0 Å². The van der Waals surface area contributed by atoms with Gasteiger partial charge in [0.25, 0.3) is 0 Å². The predicted octanol–water partition coefficient (Wildman–Crippen LogP) is 3.45. The Morgan fingerprint density at radius 1 is 1.04 bits per heavy atom. The molecular weight excluding hydrogens is 342 g/mol. The highest BCUT2D eigenvalue weighted by molar-refractivity contribution is 6.07. The standard InChI is InChI=1S/C22H19NO4/c1-23(2)14-4-7-18-17(9-10-21(25)26)19-6-3-13-11-15(24)5-8-16(13)22(19)27-20(18)12-14/h3-8,11-12H,9-10H2,1-2H3,(H,25,26)/p+1. The van der Waals surface area contributed by atoms with Gasteiger partial charge < -0.3 is 14.6 Å². The molecule has 0 fully saturated rings. The summed E-state index contributed by atoms with van der Waals surface area (Å²) in [6.45, 7) is 0. The summed E-state index contributed by atoms with van der Waals surface area (Å²) >= 11 is 0. The number of phenols is 1. The summed E-state index contributed by atoms with van der Waals surface area (Å²) in [7, 11) is 3.93. The van der Waals surface area contributed by atoms with Crippen molar-refractivity contribution in [3.05, 3.63) is 59.5 Å². The maximum Gasteiger partial charge on any atom is 0.303 e. The second-order valence-corrected chi connectivity index (χ2v) is 6.90. The van der Waals surface area contributed by atoms with E-state index in [4.69, 9.17) is 4.42 Å². The number of carboxylic acid groups (broad SMARTS) is 1. The number of carbonyl (C=O) groups is 1. The number of hydrogen-bond donors (Lipinski definition) is 2. The monoisotopic (exact) mass is 362 g/mol. The molecule has 4 rings (SSSR count). The molecule has 0 atom stereocenters. The summed E-state index contributed by atoms with van der Waals surface area (Å²) in [5, 5.41) is 22.6. The van der Waals surface area contributed by atoms with Crippen LogP contribution in [0.2, 0.25) is 0 Å². The Labute approximate surface area is 155 Å². The van der Waals surface area contributed by atoms with Crippen molar-refractivity contribution in [1.29, 1.82) is 0 Å². The molecule has 2 aromatic carbocycles. The molecule has 0 unspecified atom stereocenters. The smallest absolute Gasteiger partial charge is 0.303 e. The van der Waals surface area contributed by atoms with Crippen LogP contribution in [0.1, 0.15) is 12.0 Å². The van der Waals surface area contributed by atoms with Crippen LogP contribution < -0.4 is 9.93 Å². The van der Waals surface area contributed by atoms with E-state index in [2.05, 4.69) is 0 Å². The Morgan fingerprint density at radius 2 is 1.81 bits per heavy atom. The van der Waals surface area contributed by atoms with E-state index in [1.54, 1.807) is 12.1 Å². The number of aliphatic carboxylic acids is 1. The number of benzene rings is 3. The normalized spacial score (nSPS) is 11.3. The Hall–Kier alpha value is -3.34. The fraction of sp³-hybridized carbons (Fsp3) is 0.182. The van der Waals surface area contributed by atoms with Crippen molar-refractivity contribution in [3.63, 3.8) is 0 Å². The van der Waals surface area contributed by atoms with Crippen LogP contribution in [0.3, 0.4) is 0 Å². The fourth-order valence-electron chi connectivity index (χ4n) is 3.52. The molecule has 0 bridgehead atoms. The van der Waals surface area contributed by atoms with Gasteiger partial charge in [0, 0.05) is 28.8 Å². The lowest BCUT2D eigenvalue weighted by Gasteiger charge is -2.15. The molecule has 5 heteroatoms. The lowest BCUT2D eigenvalue weighted by molar-refractivity contribution is -0.136. The van der Waals surface area contributed by atoms with Gasteiger partial charge in [0.15, 0.2) is 0 Å². The average Bonchev–Trinajstić information content (AvgIpc) is 2.64. The van der Waals surface area contributed by atoms with Gasteiger partial charge >= 0.3 is 5.97 Å². The molecule has 1 aliphatic heterocycles. The van der Waals surface area contributed by atoms with Gasteiger partial charge in [-0.2, -0.15) is 0 Å². The zero-order valence-electron chi connectivity index (χ0n) is 15.2. The first-order valence-electron chi connectivity index (χ1n) is 8.77. The van der Waals surface area contributed by atoms with Crippen molar-refractivity contribution in [2.45, 2.75) is 12.8 Å². The number of aromatic hydroxyl groups is 1. The van der Waals surface area contributed by atoms with Gasteiger partial charge in [-0.1, -0.05) is 12.1 Å². The van der Waals surface area contributed by atoms with Crippen LogP contribution >= 0.6 is 0 Å². The molecule has 5 nitrogen and oxygen atoms in total. The highest BCUT2D eigenvalue weighted by Crippen LogP contribution is 2.37. The summed E-state index contributed by atoms with van der Waals surface area (Å²) in [5.74, 6) is 0.0889. The summed E-state index contributed by atoms with van der Waals surface area (Å²) in [4.78, 5) is 11.2. The zero-order chi connectivity index (χ0) is 19.1. The third-order valence-electron chi connectivity index (χ3n) is 4.89. The molecule has 0 saturated heterocycles. The first-order valence-corrected chi connectivity index (χ1v) is 8.77. The summed E-state index contributed by atoms with van der Waals surface area (Å²) < 4.78 is 8.28. The minimum Gasteiger partial charge on any atom is -0.508 e. The highest BCUT2D eigenvalue weighted by atomic mass is 16.4. The van der Waals surface area contributed by atoms with Crippen molar-refractivity contribution in [3.8, 4) is 17.1 Å². The third-order valence-corrected chi connectivity index (χ3v) is 4.89. The number of carboxylic acids is 1. The quantitative estimate of drug-likeness (QED) is 0.333. The van der Waals surface area contributed by atoms with Gasteiger partial charge in [-0.25, -0.2) is 4.58 Å². The van der Waals surface area contributed by atoms with Gasteiger partial charge in [-0.15, -0.1) is 0 Å². The predicted molar refractivity (Wildman–Crippen MR) is 105 cm³/mol. The Kier molecular flexibility index (Phi) is 4.07. The molecule has 1 aliphatic carbocycles. The molecule has 0 spiro atoms. The topological polar surface area (TPSA) is 73.7 Å². The molecule has 136 valence electrons. The van der Waals surface area contributed by atoms with E-state index in [0.717, 1.165) is 38.4 Å². The summed E-state index contributed by atoms with van der Waals surface area (Å²) in [5.41, 5.74) is 2.60. The Balaban J connectivity index is 2.13. The number of hydrogen-bond acceptors (Lipinski definition) is 3. The van der Waals surface area contributed by atoms with Crippen LogP contribution in [0.25, 0.3) is 33.1 Å². The van der Waals surface area contributed by atoms with E-state index in [0.29, 0.717) is 12.0 Å². The van der Waals surface area contributed by atoms with Crippen molar-refractivity contribution >= 4 is 27.7 Å². The van der Waals surface area contributed by atoms with E-state index in [-0.39, 0.29) is 12.2 Å². The van der Waals surface area contributed by atoms with Gasteiger partial charge in [0.1, 0.15) is 31.2 Å². The summed E-state index contributed by atoms with van der Waals surface area (Å²) in [6, 6.07) is 15.0. The Morgan fingerprint density at radius 3 is 2.56 bits per heavy atom. The number of phenolic OH excluding ortho intramolecular Hbond substituents is 1. The highest BCUT2D eigenvalue weighted by Gasteiger charge is 2.18. The number of fused-ring (bicyclic) bond motifs is 4. The molecule has 0 aromatic heterocycles. The maximum atomic E-state index is 11.2. The molecule has 0 saturated carbocycles. The molecule has 0 radical (unpaired) electrons. The van der Waals surface area contributed by atoms with E-state index < -0.39 is 5.97 Å². The number of nitrogens with zero attached hydrogens (tertiary/aromatic N) is 1. The summed E-state index contributed by atoms with van der Waals surface area (Å²) in [6.07, 6.45) is 0.473. The van der Waals surface area contributed by atoms with Gasteiger partial charge in [-0.3, -0.25) is 4.79 Å². The van der Waals surface area contributed by atoms with Crippen LogP contribution in [0.5, 0.6) is 5.75 Å². The lowest BCUT2D eigenvalue weighted by atomic mass is 9.94. The van der Waals surface area contributed by atoms with Crippen LogP contribution in [-0.2, 0) is 11.2 Å². The van der Waals surface area contributed by atoms with Crippen LogP contribution in [0.4, 0.5) is 0 Å². The molecular formula is C22H20NO4+. The first kappa shape index (κ1) is 17.1. The fourth-order valence-corrected chi connectivity index (χ4v) is 3.52. The van der Waals surface area contributed by atoms with Crippen molar-refractivity contribution < 1.29 is 19.4 Å².